The second-order valence-electron chi connectivity index (χ2n) is 8.80. The van der Waals surface area contributed by atoms with E-state index in [4.69, 9.17) is 6.42 Å². The van der Waals surface area contributed by atoms with Gasteiger partial charge in [-0.05, 0) is 29.6 Å². The Morgan fingerprint density at radius 2 is 0.600 bits per heavy atom. The first-order valence-corrected chi connectivity index (χ1v) is 10.1. The van der Waals surface area contributed by atoms with Crippen molar-refractivity contribution in [2.24, 2.45) is 35.5 Å². The van der Waals surface area contributed by atoms with E-state index in [2.05, 4.69) is 106 Å². The molecule has 0 atom stereocenters. The maximum atomic E-state index is 4.92. The molecule has 0 radical (unpaired) electrons. The summed E-state index contributed by atoms with van der Waals surface area (Å²) >= 11 is 0. The first-order chi connectivity index (χ1) is 11.3. The molecule has 0 heterocycles. The summed E-state index contributed by atoms with van der Waals surface area (Å²) in [7, 11) is 0. The summed E-state index contributed by atoms with van der Waals surface area (Å²) in [5.41, 5.74) is 0. The lowest BCUT2D eigenvalue weighted by Gasteiger charge is -1.95. The van der Waals surface area contributed by atoms with Crippen LogP contribution in [0.25, 0.3) is 0 Å². The van der Waals surface area contributed by atoms with Crippen molar-refractivity contribution in [1.29, 1.82) is 0 Å². The molecule has 0 saturated carbocycles. The van der Waals surface area contributed by atoms with Crippen molar-refractivity contribution in [3.63, 3.8) is 0 Å². The Morgan fingerprint density at radius 3 is 0.640 bits per heavy atom. The normalized spacial score (nSPS) is 10.8. The van der Waals surface area contributed by atoms with Crippen molar-refractivity contribution in [3.8, 4) is 12.3 Å². The van der Waals surface area contributed by atoms with Crippen molar-refractivity contribution in [2.45, 2.75) is 90.0 Å². The highest BCUT2D eigenvalue weighted by molar-refractivity contribution is 4.87. The van der Waals surface area contributed by atoms with E-state index < -0.39 is 0 Å². The number of allylic oxidation sites excluding steroid dienone is 4. The van der Waals surface area contributed by atoms with Gasteiger partial charge in [0.2, 0.25) is 0 Å². The maximum Gasteiger partial charge on any atom is 0.0143 e. The summed E-state index contributed by atoms with van der Waals surface area (Å²) in [5.74, 6) is 6.60. The topological polar surface area (TPSA) is 0 Å². The summed E-state index contributed by atoms with van der Waals surface area (Å²) in [4.78, 5) is 0. The molecule has 0 aromatic carbocycles. The van der Waals surface area contributed by atoms with Crippen LogP contribution in [-0.2, 0) is 0 Å². The molecule has 0 aromatic heterocycles. The zero-order valence-corrected chi connectivity index (χ0v) is 19.9. The first-order valence-electron chi connectivity index (χ1n) is 10.1. The molecule has 0 fully saturated rings. The van der Waals surface area contributed by atoms with Gasteiger partial charge in [-0.15, -0.1) is 12.3 Å². The highest BCUT2D eigenvalue weighted by Gasteiger charge is 1.85. The van der Waals surface area contributed by atoms with Gasteiger partial charge in [0.25, 0.3) is 0 Å². The molecule has 150 valence electrons. The predicted octanol–water partition coefficient (Wildman–Crippen LogP) is 8.65. The van der Waals surface area contributed by atoms with Gasteiger partial charge in [0, 0.05) is 5.92 Å². The van der Waals surface area contributed by atoms with Gasteiger partial charge in [0.15, 0.2) is 0 Å². The predicted molar refractivity (Wildman–Crippen MR) is 122 cm³/mol. The van der Waals surface area contributed by atoms with Crippen LogP contribution in [-0.4, -0.2) is 0 Å². The highest BCUT2D eigenvalue weighted by atomic mass is 13.9. The summed E-state index contributed by atoms with van der Waals surface area (Å²) in [6, 6.07) is 0. The molecule has 0 aliphatic heterocycles. The average molecular weight is 351 g/mol. The number of rotatable bonds is 4. The minimum atomic E-state index is 0.412. The van der Waals surface area contributed by atoms with Crippen LogP contribution in [0.5, 0.6) is 0 Å². The van der Waals surface area contributed by atoms with E-state index >= 15 is 0 Å². The van der Waals surface area contributed by atoms with Crippen molar-refractivity contribution < 1.29 is 0 Å². The fourth-order valence-corrected chi connectivity index (χ4v) is 0.889. The molecule has 25 heavy (non-hydrogen) atoms. The Kier molecular flexibility index (Phi) is 29.3. The van der Waals surface area contributed by atoms with E-state index in [0.717, 1.165) is 5.92 Å². The summed E-state index contributed by atoms with van der Waals surface area (Å²) in [5, 5.41) is 0. The lowest BCUT2D eigenvalue weighted by molar-refractivity contribution is 0.737. The van der Waals surface area contributed by atoms with Crippen molar-refractivity contribution in [3.05, 3.63) is 24.3 Å². The quantitative estimate of drug-likeness (QED) is 0.351. The van der Waals surface area contributed by atoms with E-state index in [1.165, 1.54) is 0 Å². The van der Waals surface area contributed by atoms with Crippen LogP contribution in [0.3, 0.4) is 0 Å². The minimum absolute atomic E-state index is 0.412. The van der Waals surface area contributed by atoms with Crippen LogP contribution in [0.2, 0.25) is 0 Å². The molecular weight excluding hydrogens is 300 g/mol. The minimum Gasteiger partial charge on any atom is -0.120 e. The molecular formula is C25H50. The van der Waals surface area contributed by atoms with Crippen LogP contribution >= 0.6 is 0 Å². The standard InChI is InChI=1S/2C8H16.C5H8.C4H10/c2*1-7(2)5-6-8(3)4;1-4-5(2)3;1-4(2)3/h2*5-8H,1-4H3;1,5H,2-3H3;4H,1-3H3/b6-5+;6-5-;;. The fraction of sp³-hybridized carbons (Fsp3) is 0.760. The Balaban J connectivity index is -0.000000122. The Bertz CT molecular complexity index is 272. The summed E-state index contributed by atoms with van der Waals surface area (Å²) in [6.45, 7) is 28.0. The van der Waals surface area contributed by atoms with Crippen molar-refractivity contribution in [2.75, 3.05) is 0 Å². The molecule has 0 N–H and O–H groups in total. The molecule has 0 aliphatic rings. The van der Waals surface area contributed by atoms with Gasteiger partial charge < -0.3 is 0 Å². The van der Waals surface area contributed by atoms with Crippen molar-refractivity contribution >= 4 is 0 Å². The second-order valence-corrected chi connectivity index (χ2v) is 8.80. The lowest BCUT2D eigenvalue weighted by Crippen LogP contribution is -1.81. The van der Waals surface area contributed by atoms with Gasteiger partial charge in [-0.3, -0.25) is 0 Å². The van der Waals surface area contributed by atoms with Gasteiger partial charge in [0.1, 0.15) is 0 Å². The molecule has 0 saturated heterocycles. The highest BCUT2D eigenvalue weighted by Crippen LogP contribution is 1.99. The summed E-state index contributed by atoms with van der Waals surface area (Å²) in [6.07, 6.45) is 13.9. The number of terminal acetylenes is 1. The molecule has 0 heteroatoms. The van der Waals surface area contributed by atoms with E-state index in [1.54, 1.807) is 0 Å². The fourth-order valence-electron chi connectivity index (χ4n) is 0.889. The third kappa shape index (κ3) is 83.7. The lowest BCUT2D eigenvalue weighted by atomic mass is 10.1. The van der Waals surface area contributed by atoms with E-state index in [9.17, 15) is 0 Å². The van der Waals surface area contributed by atoms with Crippen LogP contribution in [0.1, 0.15) is 90.0 Å². The van der Waals surface area contributed by atoms with Crippen LogP contribution in [0, 0.1) is 47.9 Å². The van der Waals surface area contributed by atoms with E-state index in [1.807, 2.05) is 13.8 Å². The van der Waals surface area contributed by atoms with Gasteiger partial charge in [-0.25, -0.2) is 0 Å². The monoisotopic (exact) mass is 350 g/mol. The Labute approximate surface area is 162 Å². The third-order valence-corrected chi connectivity index (χ3v) is 2.10. The van der Waals surface area contributed by atoms with E-state index in [-0.39, 0.29) is 0 Å². The number of hydrogen-bond acceptors (Lipinski definition) is 0. The molecule has 0 aliphatic carbocycles. The van der Waals surface area contributed by atoms with Gasteiger partial charge in [0.05, 0.1) is 0 Å². The van der Waals surface area contributed by atoms with Crippen LogP contribution < -0.4 is 0 Å². The molecule has 0 amide bonds. The van der Waals surface area contributed by atoms with Crippen molar-refractivity contribution in [1.82, 2.24) is 0 Å². The Morgan fingerprint density at radius 1 is 0.480 bits per heavy atom. The third-order valence-electron chi connectivity index (χ3n) is 2.10. The zero-order chi connectivity index (χ0) is 21.0. The van der Waals surface area contributed by atoms with E-state index in [0.29, 0.717) is 29.6 Å². The second kappa shape index (κ2) is 23.0. The molecule has 0 nitrogen and oxygen atoms in total. The molecule has 0 spiro atoms. The molecule has 0 bridgehead atoms. The van der Waals surface area contributed by atoms with Gasteiger partial charge >= 0.3 is 0 Å². The van der Waals surface area contributed by atoms with Crippen LogP contribution in [0.4, 0.5) is 0 Å². The SMILES string of the molecule is C#CC(C)C.CC(C)/C=C/C(C)C.CC(C)/C=C\C(C)C.CC(C)C. The molecule has 0 aromatic rings. The largest absolute Gasteiger partial charge is 0.120 e. The van der Waals surface area contributed by atoms with Crippen LogP contribution in [0.15, 0.2) is 24.3 Å². The average Bonchev–Trinajstić information content (AvgIpc) is 2.43. The smallest absolute Gasteiger partial charge is 0.0143 e. The zero-order valence-electron chi connectivity index (χ0n) is 19.9. The maximum absolute atomic E-state index is 4.92. The molecule has 0 rings (SSSR count). The molecule has 0 unspecified atom stereocenters. The first kappa shape index (κ1) is 31.8. The summed E-state index contributed by atoms with van der Waals surface area (Å²) < 4.78 is 0. The van der Waals surface area contributed by atoms with Gasteiger partial charge in [-0.1, -0.05) is 114 Å². The Hall–Kier alpha value is -0.960. The number of hydrogen-bond donors (Lipinski definition) is 0. The van der Waals surface area contributed by atoms with Gasteiger partial charge in [-0.2, -0.15) is 0 Å².